The molecule has 0 aromatic carbocycles. The van der Waals surface area contributed by atoms with Crippen molar-refractivity contribution in [3.63, 3.8) is 0 Å². The van der Waals surface area contributed by atoms with Gasteiger partial charge in [0.15, 0.2) is 6.61 Å². The summed E-state index contributed by atoms with van der Waals surface area (Å²) in [5, 5.41) is 1.99. The Kier molecular flexibility index (Phi) is 8.37. The molecule has 0 saturated carbocycles. The molecule has 0 spiro atoms. The summed E-state index contributed by atoms with van der Waals surface area (Å²) in [7, 11) is 0. The minimum atomic E-state index is -4.58. The van der Waals surface area contributed by atoms with E-state index in [4.69, 9.17) is 4.74 Å². The van der Waals surface area contributed by atoms with Gasteiger partial charge in [-0.3, -0.25) is 0 Å². The molecular formula is C11H16F3NO5. The van der Waals surface area contributed by atoms with Gasteiger partial charge in [0.1, 0.15) is 6.61 Å². The largest absolute Gasteiger partial charge is 0.460 e. The molecule has 0 bridgehead atoms. The summed E-state index contributed by atoms with van der Waals surface area (Å²) in [5.74, 6) is -0.705. The van der Waals surface area contributed by atoms with Gasteiger partial charge in [-0.2, -0.15) is 13.2 Å². The maximum atomic E-state index is 11.7. The predicted molar refractivity (Wildman–Crippen MR) is 62.0 cm³/mol. The number of nitrogens with one attached hydrogen (secondary N) is 1. The topological polar surface area (TPSA) is 73.9 Å². The number of alkyl carbamates (subject to hydrolysis) is 1. The Balaban J connectivity index is 3.68. The second kappa shape index (κ2) is 9.18. The van der Waals surface area contributed by atoms with E-state index in [1.54, 1.807) is 6.92 Å². The fourth-order valence-electron chi connectivity index (χ4n) is 0.881. The molecule has 0 aliphatic carbocycles. The number of hydrogen-bond donors (Lipinski definition) is 1. The third-order valence-corrected chi connectivity index (χ3v) is 1.74. The monoisotopic (exact) mass is 299 g/mol. The van der Waals surface area contributed by atoms with E-state index in [1.807, 2.05) is 5.32 Å². The molecule has 0 aliphatic heterocycles. The summed E-state index contributed by atoms with van der Waals surface area (Å²) in [6, 6.07) is 0. The van der Waals surface area contributed by atoms with Crippen LogP contribution < -0.4 is 5.32 Å². The Morgan fingerprint density at radius 2 is 1.90 bits per heavy atom. The minimum absolute atomic E-state index is 0.0242. The summed E-state index contributed by atoms with van der Waals surface area (Å²) >= 11 is 0. The molecule has 1 amide bonds. The van der Waals surface area contributed by atoms with E-state index in [2.05, 4.69) is 16.1 Å². The van der Waals surface area contributed by atoms with Crippen LogP contribution in [0.15, 0.2) is 12.2 Å². The Morgan fingerprint density at radius 3 is 2.45 bits per heavy atom. The first-order valence-corrected chi connectivity index (χ1v) is 5.66. The van der Waals surface area contributed by atoms with Crippen LogP contribution in [-0.2, 0) is 19.0 Å². The molecule has 6 nitrogen and oxygen atoms in total. The molecule has 0 aliphatic rings. The summed E-state index contributed by atoms with van der Waals surface area (Å²) in [6.07, 6.45) is -5.83. The highest BCUT2D eigenvalue weighted by Gasteiger charge is 2.29. The average Bonchev–Trinajstić information content (AvgIpc) is 2.37. The zero-order valence-corrected chi connectivity index (χ0v) is 10.9. The van der Waals surface area contributed by atoms with Crippen molar-refractivity contribution >= 4 is 12.1 Å². The summed E-state index contributed by atoms with van der Waals surface area (Å²) in [5.41, 5.74) is 0.103. The second-order valence-corrected chi connectivity index (χ2v) is 3.49. The molecule has 9 heteroatoms. The van der Waals surface area contributed by atoms with E-state index in [1.165, 1.54) is 0 Å². The van der Waals surface area contributed by atoms with E-state index in [9.17, 15) is 22.8 Å². The highest BCUT2D eigenvalue weighted by Crippen LogP contribution is 2.14. The third-order valence-electron chi connectivity index (χ3n) is 1.74. The van der Waals surface area contributed by atoms with Gasteiger partial charge in [-0.05, 0) is 6.92 Å². The zero-order valence-electron chi connectivity index (χ0n) is 10.9. The number of esters is 1. The van der Waals surface area contributed by atoms with Crippen LogP contribution in [0.25, 0.3) is 0 Å². The Morgan fingerprint density at radius 1 is 1.25 bits per heavy atom. The molecule has 0 saturated heterocycles. The van der Waals surface area contributed by atoms with Crippen molar-refractivity contribution in [2.45, 2.75) is 13.1 Å². The van der Waals surface area contributed by atoms with Crippen LogP contribution in [0.4, 0.5) is 18.0 Å². The number of ether oxygens (including phenoxy) is 3. The van der Waals surface area contributed by atoms with Crippen LogP contribution in [0.5, 0.6) is 0 Å². The quantitative estimate of drug-likeness (QED) is 0.417. The Hall–Kier alpha value is -1.77. The lowest BCUT2D eigenvalue weighted by Gasteiger charge is -2.10. The molecule has 0 radical (unpaired) electrons. The standard InChI is InChI=1S/C11H16F3NO5/c1-3-18-6-8(2)9(16)19-5-4-15-10(17)20-7-11(12,13)14/h2-7H2,1H3,(H,15,17). The fraction of sp³-hybridized carbons (Fsp3) is 0.636. The summed E-state index contributed by atoms with van der Waals surface area (Å²) in [4.78, 5) is 22.1. The number of alkyl halides is 3. The minimum Gasteiger partial charge on any atom is -0.460 e. The first-order chi connectivity index (χ1) is 9.26. The van der Waals surface area contributed by atoms with E-state index < -0.39 is 24.8 Å². The first-order valence-electron chi connectivity index (χ1n) is 5.66. The van der Waals surface area contributed by atoms with E-state index in [-0.39, 0.29) is 25.3 Å². The summed E-state index contributed by atoms with van der Waals surface area (Å²) in [6.45, 7) is 3.54. The lowest BCUT2D eigenvalue weighted by molar-refractivity contribution is -0.160. The van der Waals surface area contributed by atoms with Crippen LogP contribution in [-0.4, -0.2) is 51.2 Å². The lowest BCUT2D eigenvalue weighted by Crippen LogP contribution is -2.31. The predicted octanol–water partition coefficient (Wildman–Crippen LogP) is 1.41. The lowest BCUT2D eigenvalue weighted by atomic mass is 10.3. The van der Waals surface area contributed by atoms with Crippen molar-refractivity contribution in [1.29, 1.82) is 0 Å². The molecule has 116 valence electrons. The van der Waals surface area contributed by atoms with Gasteiger partial charge in [0.05, 0.1) is 18.7 Å². The van der Waals surface area contributed by atoms with Crippen LogP contribution in [0.3, 0.4) is 0 Å². The van der Waals surface area contributed by atoms with Crippen molar-refractivity contribution in [1.82, 2.24) is 5.32 Å². The second-order valence-electron chi connectivity index (χ2n) is 3.49. The Bertz CT molecular complexity index is 343. The molecule has 1 N–H and O–H groups in total. The molecule has 0 aromatic heterocycles. The molecule has 0 atom stereocenters. The molecular weight excluding hydrogens is 283 g/mol. The SMILES string of the molecule is C=C(COCC)C(=O)OCCNC(=O)OCC(F)(F)F. The number of hydrogen-bond acceptors (Lipinski definition) is 5. The van der Waals surface area contributed by atoms with Crippen LogP contribution >= 0.6 is 0 Å². The van der Waals surface area contributed by atoms with Gasteiger partial charge in [-0.1, -0.05) is 6.58 Å². The first kappa shape index (κ1) is 18.2. The van der Waals surface area contributed by atoms with E-state index >= 15 is 0 Å². The highest BCUT2D eigenvalue weighted by atomic mass is 19.4. The number of carbonyl (C=O) groups excluding carboxylic acids is 2. The molecule has 0 aromatic rings. The van der Waals surface area contributed by atoms with Crippen molar-refractivity contribution in [2.24, 2.45) is 0 Å². The van der Waals surface area contributed by atoms with Crippen LogP contribution in [0.2, 0.25) is 0 Å². The van der Waals surface area contributed by atoms with Crippen LogP contribution in [0.1, 0.15) is 6.92 Å². The van der Waals surface area contributed by atoms with Gasteiger partial charge >= 0.3 is 18.2 Å². The van der Waals surface area contributed by atoms with Gasteiger partial charge in [0.25, 0.3) is 0 Å². The van der Waals surface area contributed by atoms with Gasteiger partial charge in [-0.25, -0.2) is 9.59 Å². The number of rotatable bonds is 8. The normalized spacial score (nSPS) is 10.8. The average molecular weight is 299 g/mol. The summed E-state index contributed by atoms with van der Waals surface area (Å²) < 4.78 is 48.6. The van der Waals surface area contributed by atoms with Crippen molar-refractivity contribution in [3.8, 4) is 0 Å². The maximum absolute atomic E-state index is 11.7. The number of amides is 1. The Labute approximate surface area is 113 Å². The maximum Gasteiger partial charge on any atom is 0.422 e. The fourth-order valence-corrected chi connectivity index (χ4v) is 0.881. The van der Waals surface area contributed by atoms with Gasteiger partial charge < -0.3 is 19.5 Å². The highest BCUT2D eigenvalue weighted by molar-refractivity contribution is 5.87. The van der Waals surface area contributed by atoms with E-state index in [0.29, 0.717) is 6.61 Å². The van der Waals surface area contributed by atoms with Crippen molar-refractivity contribution < 1.29 is 37.0 Å². The van der Waals surface area contributed by atoms with Crippen molar-refractivity contribution in [2.75, 3.05) is 33.0 Å². The van der Waals surface area contributed by atoms with Gasteiger partial charge in [-0.15, -0.1) is 0 Å². The van der Waals surface area contributed by atoms with Crippen LogP contribution in [0, 0.1) is 0 Å². The number of carbonyl (C=O) groups is 2. The molecule has 0 heterocycles. The zero-order chi connectivity index (χ0) is 15.6. The van der Waals surface area contributed by atoms with Gasteiger partial charge in [0, 0.05) is 6.61 Å². The third kappa shape index (κ3) is 10.2. The molecule has 0 fully saturated rings. The number of halogens is 3. The molecule has 0 unspecified atom stereocenters. The molecule has 20 heavy (non-hydrogen) atoms. The van der Waals surface area contributed by atoms with E-state index in [0.717, 1.165) is 0 Å². The van der Waals surface area contributed by atoms with Gasteiger partial charge in [0.2, 0.25) is 0 Å². The molecule has 0 rings (SSSR count). The smallest absolute Gasteiger partial charge is 0.422 e. The van der Waals surface area contributed by atoms with Crippen molar-refractivity contribution in [3.05, 3.63) is 12.2 Å².